The Balaban J connectivity index is 2.63. The molecule has 1 unspecified atom stereocenters. The zero-order chi connectivity index (χ0) is 11.2. The molecule has 1 aromatic rings. The highest BCUT2D eigenvalue weighted by molar-refractivity contribution is 6.30. The van der Waals surface area contributed by atoms with Crippen molar-refractivity contribution in [1.29, 1.82) is 0 Å². The molecule has 0 heterocycles. The SMILES string of the molecule is CC(C)c1cc(Cl)cc2c1CCC2(C)O. The Morgan fingerprint density at radius 1 is 1.40 bits per heavy atom. The maximum atomic E-state index is 10.2. The predicted molar refractivity (Wildman–Crippen MR) is 63.4 cm³/mol. The van der Waals surface area contributed by atoms with E-state index in [0.717, 1.165) is 23.4 Å². The Morgan fingerprint density at radius 2 is 2.07 bits per heavy atom. The van der Waals surface area contributed by atoms with E-state index in [1.165, 1.54) is 11.1 Å². The van der Waals surface area contributed by atoms with E-state index in [0.29, 0.717) is 5.92 Å². The average molecular weight is 225 g/mol. The molecule has 0 amide bonds. The number of hydrogen-bond acceptors (Lipinski definition) is 1. The molecule has 0 saturated heterocycles. The van der Waals surface area contributed by atoms with E-state index in [9.17, 15) is 5.11 Å². The zero-order valence-electron chi connectivity index (χ0n) is 9.47. The van der Waals surface area contributed by atoms with Crippen molar-refractivity contribution in [2.24, 2.45) is 0 Å². The molecule has 1 aliphatic carbocycles. The van der Waals surface area contributed by atoms with Gasteiger partial charge in [-0.05, 0) is 54.5 Å². The number of hydrogen-bond donors (Lipinski definition) is 1. The van der Waals surface area contributed by atoms with Gasteiger partial charge in [-0.1, -0.05) is 25.4 Å². The van der Waals surface area contributed by atoms with E-state index in [2.05, 4.69) is 13.8 Å². The molecule has 0 saturated carbocycles. The summed E-state index contributed by atoms with van der Waals surface area (Å²) in [5, 5.41) is 11.0. The summed E-state index contributed by atoms with van der Waals surface area (Å²) in [6.45, 7) is 6.21. The quantitative estimate of drug-likeness (QED) is 0.773. The van der Waals surface area contributed by atoms with Crippen LogP contribution in [-0.4, -0.2) is 5.11 Å². The first-order valence-corrected chi connectivity index (χ1v) is 5.85. The van der Waals surface area contributed by atoms with Crippen molar-refractivity contribution in [2.45, 2.75) is 45.1 Å². The van der Waals surface area contributed by atoms with Gasteiger partial charge in [0.15, 0.2) is 0 Å². The summed E-state index contributed by atoms with van der Waals surface area (Å²) in [7, 11) is 0. The van der Waals surface area contributed by atoms with Gasteiger partial charge in [0.2, 0.25) is 0 Å². The van der Waals surface area contributed by atoms with Gasteiger partial charge in [-0.2, -0.15) is 0 Å². The van der Waals surface area contributed by atoms with Crippen LogP contribution in [-0.2, 0) is 12.0 Å². The molecule has 82 valence electrons. The molecule has 1 aromatic carbocycles. The Labute approximate surface area is 96.1 Å². The van der Waals surface area contributed by atoms with Crippen LogP contribution in [0.15, 0.2) is 12.1 Å². The molecule has 0 aromatic heterocycles. The minimum atomic E-state index is -0.691. The number of aliphatic hydroxyl groups is 1. The summed E-state index contributed by atoms with van der Waals surface area (Å²) in [6, 6.07) is 3.95. The van der Waals surface area contributed by atoms with Crippen molar-refractivity contribution < 1.29 is 5.11 Å². The van der Waals surface area contributed by atoms with Crippen molar-refractivity contribution in [2.75, 3.05) is 0 Å². The van der Waals surface area contributed by atoms with E-state index in [4.69, 9.17) is 11.6 Å². The van der Waals surface area contributed by atoms with Crippen molar-refractivity contribution in [1.82, 2.24) is 0 Å². The van der Waals surface area contributed by atoms with Crippen LogP contribution in [0, 0.1) is 0 Å². The zero-order valence-corrected chi connectivity index (χ0v) is 10.2. The fourth-order valence-electron chi connectivity index (χ4n) is 2.44. The number of halogens is 1. The predicted octanol–water partition coefficient (Wildman–Crippen LogP) is 3.62. The summed E-state index contributed by atoms with van der Waals surface area (Å²) in [5.74, 6) is 0.464. The second kappa shape index (κ2) is 3.50. The first-order valence-electron chi connectivity index (χ1n) is 5.47. The molecule has 15 heavy (non-hydrogen) atoms. The highest BCUT2D eigenvalue weighted by Gasteiger charge is 2.34. The molecule has 0 radical (unpaired) electrons. The third-order valence-electron chi connectivity index (χ3n) is 3.31. The standard InChI is InChI=1S/C13H17ClO/c1-8(2)11-6-9(14)7-12-10(11)4-5-13(12,3)15/h6-8,15H,4-5H2,1-3H3. The van der Waals surface area contributed by atoms with Crippen LogP contribution in [0.2, 0.25) is 5.02 Å². The summed E-state index contributed by atoms with van der Waals surface area (Å²) in [5.41, 5.74) is 2.93. The number of rotatable bonds is 1. The molecule has 2 rings (SSSR count). The molecule has 0 aliphatic heterocycles. The monoisotopic (exact) mass is 224 g/mol. The first kappa shape index (κ1) is 11.0. The van der Waals surface area contributed by atoms with Crippen molar-refractivity contribution in [3.63, 3.8) is 0 Å². The van der Waals surface area contributed by atoms with Gasteiger partial charge in [0.1, 0.15) is 0 Å². The first-order chi connectivity index (χ1) is 6.92. The van der Waals surface area contributed by atoms with E-state index in [-0.39, 0.29) is 0 Å². The second-order valence-electron chi connectivity index (χ2n) is 4.95. The van der Waals surface area contributed by atoms with Crippen LogP contribution in [0.25, 0.3) is 0 Å². The second-order valence-corrected chi connectivity index (χ2v) is 5.39. The van der Waals surface area contributed by atoms with Gasteiger partial charge in [0.05, 0.1) is 5.60 Å². The largest absolute Gasteiger partial charge is 0.385 e. The van der Waals surface area contributed by atoms with Gasteiger partial charge in [-0.25, -0.2) is 0 Å². The maximum Gasteiger partial charge on any atom is 0.0875 e. The van der Waals surface area contributed by atoms with Crippen LogP contribution >= 0.6 is 11.6 Å². The van der Waals surface area contributed by atoms with E-state index < -0.39 is 5.60 Å². The van der Waals surface area contributed by atoms with Crippen LogP contribution in [0.4, 0.5) is 0 Å². The lowest BCUT2D eigenvalue weighted by Gasteiger charge is -2.19. The van der Waals surface area contributed by atoms with Crippen molar-refractivity contribution >= 4 is 11.6 Å². The van der Waals surface area contributed by atoms with Crippen LogP contribution in [0.5, 0.6) is 0 Å². The third kappa shape index (κ3) is 1.79. The molecule has 0 spiro atoms. The van der Waals surface area contributed by atoms with E-state index in [1.54, 1.807) is 0 Å². The van der Waals surface area contributed by atoms with Gasteiger partial charge in [0, 0.05) is 5.02 Å². The fourth-order valence-corrected chi connectivity index (χ4v) is 2.66. The Morgan fingerprint density at radius 3 is 2.67 bits per heavy atom. The van der Waals surface area contributed by atoms with E-state index >= 15 is 0 Å². The fraction of sp³-hybridized carbons (Fsp3) is 0.538. The minimum Gasteiger partial charge on any atom is -0.385 e. The topological polar surface area (TPSA) is 20.2 Å². The Hall–Kier alpha value is -0.530. The van der Waals surface area contributed by atoms with Gasteiger partial charge in [0.25, 0.3) is 0 Å². The normalized spacial score (nSPS) is 24.7. The Bertz CT molecular complexity index is 394. The highest BCUT2D eigenvalue weighted by Crippen LogP contribution is 2.41. The summed E-state index contributed by atoms with van der Waals surface area (Å²) in [4.78, 5) is 0. The lowest BCUT2D eigenvalue weighted by atomic mass is 9.92. The van der Waals surface area contributed by atoms with E-state index in [1.807, 2.05) is 19.1 Å². The molecular formula is C13H17ClO. The molecular weight excluding hydrogens is 208 g/mol. The maximum absolute atomic E-state index is 10.2. The lowest BCUT2D eigenvalue weighted by molar-refractivity contribution is 0.0595. The lowest BCUT2D eigenvalue weighted by Crippen LogP contribution is -2.16. The molecule has 1 atom stereocenters. The van der Waals surface area contributed by atoms with Crippen LogP contribution < -0.4 is 0 Å². The molecule has 0 fully saturated rings. The number of fused-ring (bicyclic) bond motifs is 1. The summed E-state index contributed by atoms with van der Waals surface area (Å²) >= 11 is 6.09. The highest BCUT2D eigenvalue weighted by atomic mass is 35.5. The third-order valence-corrected chi connectivity index (χ3v) is 3.53. The molecule has 0 bridgehead atoms. The van der Waals surface area contributed by atoms with Crippen molar-refractivity contribution in [3.8, 4) is 0 Å². The average Bonchev–Trinajstić information content (AvgIpc) is 2.41. The van der Waals surface area contributed by atoms with Crippen LogP contribution in [0.3, 0.4) is 0 Å². The van der Waals surface area contributed by atoms with Crippen LogP contribution in [0.1, 0.15) is 49.8 Å². The summed E-state index contributed by atoms with van der Waals surface area (Å²) in [6.07, 6.45) is 1.77. The minimum absolute atomic E-state index is 0.464. The van der Waals surface area contributed by atoms with Gasteiger partial charge < -0.3 is 5.11 Å². The van der Waals surface area contributed by atoms with Gasteiger partial charge >= 0.3 is 0 Å². The van der Waals surface area contributed by atoms with Gasteiger partial charge in [-0.15, -0.1) is 0 Å². The van der Waals surface area contributed by atoms with Gasteiger partial charge in [-0.3, -0.25) is 0 Å². The Kier molecular flexibility index (Phi) is 2.56. The molecule has 1 nitrogen and oxygen atoms in total. The number of benzene rings is 1. The summed E-state index contributed by atoms with van der Waals surface area (Å²) < 4.78 is 0. The smallest absolute Gasteiger partial charge is 0.0875 e. The molecule has 1 aliphatic rings. The molecule has 2 heteroatoms. The van der Waals surface area contributed by atoms with Crippen molar-refractivity contribution in [3.05, 3.63) is 33.8 Å². The molecule has 1 N–H and O–H groups in total.